The number of nitrogens with two attached hydrogens (primary N) is 1. The molecule has 0 saturated carbocycles. The van der Waals surface area contributed by atoms with Gasteiger partial charge >= 0.3 is 0 Å². The Morgan fingerprint density at radius 3 is 2.80 bits per heavy atom. The number of aromatic nitrogens is 3. The van der Waals surface area contributed by atoms with Crippen LogP contribution in [0.3, 0.4) is 0 Å². The monoisotopic (exact) mass is 273 g/mol. The molecule has 0 bridgehead atoms. The third kappa shape index (κ3) is 4.17. The Morgan fingerprint density at radius 2 is 2.25 bits per heavy atom. The highest BCUT2D eigenvalue weighted by Crippen LogP contribution is 2.11. The first-order valence-electron chi connectivity index (χ1n) is 6.49. The van der Waals surface area contributed by atoms with E-state index in [0.717, 1.165) is 0 Å². The largest absolute Gasteiger partial charge is 0.326 e. The standard InChI is InChI=1S/C14H19N5O/c1-14(2,15)7-6-13(20)18-11-4-5-12(16-10-11)19-9-3-8-17-19/h3-5,8-10H,6-7,15H2,1-2H3,(H,18,20). The van der Waals surface area contributed by atoms with Crippen LogP contribution in [0.25, 0.3) is 5.82 Å². The minimum atomic E-state index is -0.334. The molecule has 0 aliphatic rings. The number of rotatable bonds is 5. The number of anilines is 1. The van der Waals surface area contributed by atoms with Gasteiger partial charge in [0.1, 0.15) is 0 Å². The Balaban J connectivity index is 1.92. The van der Waals surface area contributed by atoms with Gasteiger partial charge in [-0.3, -0.25) is 4.79 Å². The molecule has 2 aromatic rings. The first kappa shape index (κ1) is 14.2. The van der Waals surface area contributed by atoms with Crippen molar-refractivity contribution in [2.75, 3.05) is 5.32 Å². The van der Waals surface area contributed by atoms with E-state index in [1.54, 1.807) is 29.2 Å². The van der Waals surface area contributed by atoms with Crippen LogP contribution in [0.1, 0.15) is 26.7 Å². The Hall–Kier alpha value is -2.21. The molecule has 0 atom stereocenters. The molecule has 0 saturated heterocycles. The molecule has 1 amide bonds. The smallest absolute Gasteiger partial charge is 0.224 e. The normalized spacial score (nSPS) is 11.3. The van der Waals surface area contributed by atoms with Crippen molar-refractivity contribution in [1.29, 1.82) is 0 Å². The highest BCUT2D eigenvalue weighted by atomic mass is 16.1. The summed E-state index contributed by atoms with van der Waals surface area (Å²) >= 11 is 0. The fraction of sp³-hybridized carbons (Fsp3) is 0.357. The average Bonchev–Trinajstić information content (AvgIpc) is 2.90. The molecule has 6 heteroatoms. The molecule has 2 heterocycles. The fourth-order valence-electron chi connectivity index (χ4n) is 1.66. The maximum atomic E-state index is 11.8. The molecule has 0 fully saturated rings. The van der Waals surface area contributed by atoms with Crippen LogP contribution in [0.4, 0.5) is 5.69 Å². The number of hydrogen-bond acceptors (Lipinski definition) is 4. The van der Waals surface area contributed by atoms with Crippen molar-refractivity contribution in [3.8, 4) is 5.82 Å². The first-order chi connectivity index (χ1) is 9.44. The van der Waals surface area contributed by atoms with Crippen LogP contribution < -0.4 is 11.1 Å². The van der Waals surface area contributed by atoms with Gasteiger partial charge in [0.2, 0.25) is 5.91 Å². The highest BCUT2D eigenvalue weighted by molar-refractivity contribution is 5.90. The second-order valence-electron chi connectivity index (χ2n) is 5.39. The van der Waals surface area contributed by atoms with Gasteiger partial charge in [-0.2, -0.15) is 5.10 Å². The van der Waals surface area contributed by atoms with Crippen LogP contribution >= 0.6 is 0 Å². The molecule has 0 aromatic carbocycles. The molecule has 20 heavy (non-hydrogen) atoms. The van der Waals surface area contributed by atoms with Crippen molar-refractivity contribution in [3.63, 3.8) is 0 Å². The maximum absolute atomic E-state index is 11.8. The first-order valence-corrected chi connectivity index (χ1v) is 6.49. The van der Waals surface area contributed by atoms with Crippen LogP contribution in [0.2, 0.25) is 0 Å². The Morgan fingerprint density at radius 1 is 1.45 bits per heavy atom. The van der Waals surface area contributed by atoms with E-state index < -0.39 is 0 Å². The summed E-state index contributed by atoms with van der Waals surface area (Å²) in [4.78, 5) is 16.0. The topological polar surface area (TPSA) is 85.8 Å². The van der Waals surface area contributed by atoms with Crippen LogP contribution in [-0.2, 0) is 4.79 Å². The van der Waals surface area contributed by atoms with E-state index in [0.29, 0.717) is 24.3 Å². The Labute approximate surface area is 118 Å². The number of carbonyl (C=O) groups excluding carboxylic acids is 1. The summed E-state index contributed by atoms with van der Waals surface area (Å²) < 4.78 is 1.66. The van der Waals surface area contributed by atoms with Crippen LogP contribution in [-0.4, -0.2) is 26.2 Å². The van der Waals surface area contributed by atoms with Crippen molar-refractivity contribution in [3.05, 3.63) is 36.8 Å². The summed E-state index contributed by atoms with van der Waals surface area (Å²) in [5.41, 5.74) is 6.18. The molecule has 0 aliphatic carbocycles. The molecular formula is C14H19N5O. The summed E-state index contributed by atoms with van der Waals surface area (Å²) in [5.74, 6) is 0.647. The van der Waals surface area contributed by atoms with Gasteiger partial charge in [-0.1, -0.05) is 0 Å². The lowest BCUT2D eigenvalue weighted by Gasteiger charge is -2.17. The van der Waals surface area contributed by atoms with E-state index in [9.17, 15) is 4.79 Å². The SMILES string of the molecule is CC(C)(N)CCC(=O)Nc1ccc(-n2cccn2)nc1. The second kappa shape index (κ2) is 5.83. The minimum absolute atomic E-state index is 0.0582. The number of hydrogen-bond donors (Lipinski definition) is 2. The number of pyridine rings is 1. The van der Waals surface area contributed by atoms with E-state index in [-0.39, 0.29) is 11.4 Å². The summed E-state index contributed by atoms with van der Waals surface area (Å²) in [6, 6.07) is 5.43. The van der Waals surface area contributed by atoms with E-state index in [2.05, 4.69) is 15.4 Å². The molecule has 0 radical (unpaired) electrons. The zero-order valence-electron chi connectivity index (χ0n) is 11.7. The number of amides is 1. The van der Waals surface area contributed by atoms with Gasteiger partial charge in [0.05, 0.1) is 11.9 Å². The maximum Gasteiger partial charge on any atom is 0.224 e. The zero-order valence-corrected chi connectivity index (χ0v) is 11.7. The van der Waals surface area contributed by atoms with Crippen LogP contribution in [0.5, 0.6) is 0 Å². The Kier molecular flexibility index (Phi) is 4.14. The lowest BCUT2D eigenvalue weighted by molar-refractivity contribution is -0.116. The van der Waals surface area contributed by atoms with E-state index in [1.165, 1.54) is 0 Å². The number of nitrogens with one attached hydrogen (secondary N) is 1. The Bertz CT molecular complexity index is 554. The lowest BCUT2D eigenvalue weighted by atomic mass is 10.00. The quantitative estimate of drug-likeness (QED) is 0.868. The van der Waals surface area contributed by atoms with Crippen LogP contribution in [0, 0.1) is 0 Å². The van der Waals surface area contributed by atoms with Gasteiger partial charge < -0.3 is 11.1 Å². The summed E-state index contributed by atoms with van der Waals surface area (Å²) in [6.07, 6.45) is 6.14. The number of nitrogens with zero attached hydrogens (tertiary/aromatic N) is 3. The van der Waals surface area contributed by atoms with Gasteiger partial charge in [-0.05, 0) is 38.5 Å². The van der Waals surface area contributed by atoms with Gasteiger partial charge in [0, 0.05) is 24.4 Å². The third-order valence-corrected chi connectivity index (χ3v) is 2.77. The predicted molar refractivity (Wildman–Crippen MR) is 77.5 cm³/mol. The average molecular weight is 273 g/mol. The molecule has 3 N–H and O–H groups in total. The molecule has 0 aliphatic heterocycles. The van der Waals surface area contributed by atoms with Gasteiger partial charge in [-0.15, -0.1) is 0 Å². The van der Waals surface area contributed by atoms with Crippen LogP contribution in [0.15, 0.2) is 36.8 Å². The molecular weight excluding hydrogens is 254 g/mol. The summed E-state index contributed by atoms with van der Waals surface area (Å²) in [5, 5.41) is 6.89. The third-order valence-electron chi connectivity index (χ3n) is 2.77. The second-order valence-corrected chi connectivity index (χ2v) is 5.39. The number of carbonyl (C=O) groups is 1. The molecule has 2 rings (SSSR count). The van der Waals surface area contributed by atoms with Crippen molar-refractivity contribution in [2.45, 2.75) is 32.2 Å². The van der Waals surface area contributed by atoms with Crippen molar-refractivity contribution in [2.24, 2.45) is 5.73 Å². The lowest BCUT2D eigenvalue weighted by Crippen LogP contribution is -2.33. The predicted octanol–water partition coefficient (Wildman–Crippen LogP) is 1.72. The van der Waals surface area contributed by atoms with Gasteiger partial charge in [0.15, 0.2) is 5.82 Å². The minimum Gasteiger partial charge on any atom is -0.326 e. The summed E-state index contributed by atoms with van der Waals surface area (Å²) in [6.45, 7) is 3.81. The molecule has 0 spiro atoms. The van der Waals surface area contributed by atoms with Gasteiger partial charge in [0.25, 0.3) is 0 Å². The van der Waals surface area contributed by atoms with E-state index in [4.69, 9.17) is 5.73 Å². The van der Waals surface area contributed by atoms with E-state index >= 15 is 0 Å². The molecule has 106 valence electrons. The van der Waals surface area contributed by atoms with Gasteiger partial charge in [-0.25, -0.2) is 9.67 Å². The molecule has 6 nitrogen and oxygen atoms in total. The van der Waals surface area contributed by atoms with Crippen molar-refractivity contribution >= 4 is 11.6 Å². The fourth-order valence-corrected chi connectivity index (χ4v) is 1.66. The van der Waals surface area contributed by atoms with E-state index in [1.807, 2.05) is 26.1 Å². The molecule has 2 aromatic heterocycles. The van der Waals surface area contributed by atoms with Crippen molar-refractivity contribution in [1.82, 2.24) is 14.8 Å². The summed E-state index contributed by atoms with van der Waals surface area (Å²) in [7, 11) is 0. The van der Waals surface area contributed by atoms with Crippen molar-refractivity contribution < 1.29 is 4.79 Å². The highest BCUT2D eigenvalue weighted by Gasteiger charge is 2.13. The zero-order chi connectivity index (χ0) is 14.6. The molecule has 0 unspecified atom stereocenters.